The summed E-state index contributed by atoms with van der Waals surface area (Å²) in [5.74, 6) is -1.99. The second-order valence-corrected chi connectivity index (χ2v) is 8.16. The average Bonchev–Trinajstić information content (AvgIpc) is 3.22. The third-order valence-electron chi connectivity index (χ3n) is 4.92. The van der Waals surface area contributed by atoms with E-state index in [9.17, 15) is 26.7 Å². The van der Waals surface area contributed by atoms with Crippen molar-refractivity contribution in [2.45, 2.75) is 25.6 Å². The number of carbonyl (C=O) groups excluding carboxylic acids is 1. The van der Waals surface area contributed by atoms with Crippen LogP contribution in [0.4, 0.5) is 22.0 Å². The van der Waals surface area contributed by atoms with Gasteiger partial charge in [-0.15, -0.1) is 5.10 Å². The highest BCUT2D eigenvalue weighted by atomic mass is 35.5. The van der Waals surface area contributed by atoms with Crippen LogP contribution < -0.4 is 5.32 Å². The molecule has 7 nitrogen and oxygen atoms in total. The van der Waals surface area contributed by atoms with Gasteiger partial charge in [-0.05, 0) is 48.9 Å². The third kappa shape index (κ3) is 5.82. The van der Waals surface area contributed by atoms with Crippen LogP contribution in [0.3, 0.4) is 0 Å². The molecule has 1 unspecified atom stereocenters. The number of alkyl halides is 3. The molecule has 2 aromatic heterocycles. The first-order valence-electron chi connectivity index (χ1n) is 10.4. The molecule has 1 atom stereocenters. The number of amides is 1. The molecule has 1 N–H and O–H groups in total. The minimum atomic E-state index is -4.69. The van der Waals surface area contributed by atoms with E-state index in [1.807, 2.05) is 0 Å². The van der Waals surface area contributed by atoms with Gasteiger partial charge in [-0.25, -0.2) is 23.7 Å². The molecule has 2 heterocycles. The van der Waals surface area contributed by atoms with Gasteiger partial charge in [0, 0.05) is 35.5 Å². The van der Waals surface area contributed by atoms with Crippen molar-refractivity contribution in [1.29, 1.82) is 0 Å². The number of aromatic nitrogens is 5. The molecule has 0 aliphatic carbocycles. The molecular formula is C23H16ClF5N6O. The maximum Gasteiger partial charge on any atom is 0.416 e. The Labute approximate surface area is 206 Å². The standard InChI is InChI=1S/C23H16ClF5N6O/c1-12(32-21(36)14-8-15(23(27,28)29)10-16(24)9-14)20-33-19(7-13-5-17(25)11-18(26)6-13)34-35(20)22-30-3-2-4-31-22/h2-6,8-12H,7H2,1H3,(H,32,36). The molecule has 186 valence electrons. The lowest BCUT2D eigenvalue weighted by molar-refractivity contribution is -0.137. The second kappa shape index (κ2) is 9.97. The fourth-order valence-corrected chi connectivity index (χ4v) is 3.63. The summed E-state index contributed by atoms with van der Waals surface area (Å²) in [6.45, 7) is 1.53. The van der Waals surface area contributed by atoms with Crippen LogP contribution in [0, 0.1) is 11.6 Å². The monoisotopic (exact) mass is 522 g/mol. The van der Waals surface area contributed by atoms with Crippen LogP contribution in [0.5, 0.6) is 0 Å². The summed E-state index contributed by atoms with van der Waals surface area (Å²) in [7, 11) is 0. The molecule has 0 aliphatic heterocycles. The van der Waals surface area contributed by atoms with Crippen LogP contribution in [0.1, 0.15) is 46.1 Å². The molecule has 0 bridgehead atoms. The van der Waals surface area contributed by atoms with E-state index in [4.69, 9.17) is 11.6 Å². The van der Waals surface area contributed by atoms with Gasteiger partial charge in [-0.1, -0.05) is 11.6 Å². The molecule has 4 rings (SSSR count). The molecule has 0 fully saturated rings. The highest BCUT2D eigenvalue weighted by molar-refractivity contribution is 6.31. The van der Waals surface area contributed by atoms with Crippen molar-refractivity contribution in [1.82, 2.24) is 30.0 Å². The predicted octanol–water partition coefficient (Wildman–Crippen LogP) is 5.09. The maximum atomic E-state index is 13.6. The lowest BCUT2D eigenvalue weighted by atomic mass is 10.1. The van der Waals surface area contributed by atoms with E-state index >= 15 is 0 Å². The smallest absolute Gasteiger partial charge is 0.342 e. The average molecular weight is 523 g/mol. The first kappa shape index (κ1) is 25.2. The molecule has 0 radical (unpaired) electrons. The quantitative estimate of drug-likeness (QED) is 0.357. The van der Waals surface area contributed by atoms with Crippen LogP contribution in [-0.2, 0) is 12.6 Å². The lowest BCUT2D eigenvalue weighted by Crippen LogP contribution is -2.29. The minimum absolute atomic E-state index is 0.0502. The molecule has 2 aromatic carbocycles. The highest BCUT2D eigenvalue weighted by Crippen LogP contribution is 2.32. The van der Waals surface area contributed by atoms with E-state index in [0.717, 1.165) is 24.3 Å². The summed E-state index contributed by atoms with van der Waals surface area (Å²) in [6, 6.07) is 6.18. The fraction of sp³-hybridized carbons (Fsp3) is 0.174. The largest absolute Gasteiger partial charge is 0.416 e. The number of hydrogen-bond donors (Lipinski definition) is 1. The summed E-state index contributed by atoms with van der Waals surface area (Å²) in [5.41, 5.74) is -1.11. The Hall–Kier alpha value is -3.93. The number of benzene rings is 2. The number of carbonyl (C=O) groups is 1. The number of nitrogens with one attached hydrogen (secondary N) is 1. The minimum Gasteiger partial charge on any atom is -0.342 e. The van der Waals surface area contributed by atoms with Gasteiger partial charge in [0.2, 0.25) is 0 Å². The van der Waals surface area contributed by atoms with Crippen LogP contribution in [0.2, 0.25) is 5.02 Å². The first-order chi connectivity index (χ1) is 17.0. The lowest BCUT2D eigenvalue weighted by Gasteiger charge is -2.15. The van der Waals surface area contributed by atoms with Crippen LogP contribution in [-0.4, -0.2) is 30.6 Å². The van der Waals surface area contributed by atoms with E-state index in [1.165, 1.54) is 24.0 Å². The number of nitrogens with zero attached hydrogens (tertiary/aromatic N) is 5. The highest BCUT2D eigenvalue weighted by Gasteiger charge is 2.32. The van der Waals surface area contributed by atoms with Crippen LogP contribution in [0.15, 0.2) is 54.9 Å². The van der Waals surface area contributed by atoms with Gasteiger partial charge < -0.3 is 5.32 Å². The summed E-state index contributed by atoms with van der Waals surface area (Å²) in [4.78, 5) is 25.3. The maximum absolute atomic E-state index is 13.6. The molecule has 4 aromatic rings. The summed E-state index contributed by atoms with van der Waals surface area (Å²) in [5, 5.41) is 6.61. The van der Waals surface area contributed by atoms with E-state index < -0.39 is 35.3 Å². The van der Waals surface area contributed by atoms with Crippen molar-refractivity contribution in [2.75, 3.05) is 0 Å². The van der Waals surface area contributed by atoms with Gasteiger partial charge in [0.15, 0.2) is 11.6 Å². The van der Waals surface area contributed by atoms with Crippen molar-refractivity contribution in [3.05, 3.63) is 99.9 Å². The zero-order valence-corrected chi connectivity index (χ0v) is 19.1. The van der Waals surface area contributed by atoms with Gasteiger partial charge in [-0.2, -0.15) is 17.9 Å². The van der Waals surface area contributed by atoms with E-state index in [0.29, 0.717) is 12.1 Å². The van der Waals surface area contributed by atoms with Gasteiger partial charge in [0.25, 0.3) is 11.9 Å². The molecule has 0 aliphatic rings. The summed E-state index contributed by atoms with van der Waals surface area (Å²) < 4.78 is 67.9. The third-order valence-corrected chi connectivity index (χ3v) is 5.14. The molecular weight excluding hydrogens is 507 g/mol. The normalized spacial score (nSPS) is 12.4. The molecule has 13 heteroatoms. The molecule has 36 heavy (non-hydrogen) atoms. The van der Waals surface area contributed by atoms with Crippen molar-refractivity contribution in [3.8, 4) is 5.95 Å². The van der Waals surface area contributed by atoms with Crippen molar-refractivity contribution >= 4 is 17.5 Å². The van der Waals surface area contributed by atoms with Crippen molar-refractivity contribution in [3.63, 3.8) is 0 Å². The zero-order valence-electron chi connectivity index (χ0n) is 18.4. The van der Waals surface area contributed by atoms with E-state index in [2.05, 4.69) is 25.4 Å². The molecule has 0 saturated heterocycles. The van der Waals surface area contributed by atoms with Crippen LogP contribution in [0.25, 0.3) is 5.95 Å². The number of hydrogen-bond acceptors (Lipinski definition) is 5. The predicted molar refractivity (Wildman–Crippen MR) is 118 cm³/mol. The molecule has 0 spiro atoms. The van der Waals surface area contributed by atoms with Gasteiger partial charge in [-0.3, -0.25) is 4.79 Å². The molecule has 0 saturated carbocycles. The SMILES string of the molecule is CC(NC(=O)c1cc(Cl)cc(C(F)(F)F)c1)c1nc(Cc2cc(F)cc(F)c2)nn1-c1ncccn1. The zero-order chi connectivity index (χ0) is 26.0. The van der Waals surface area contributed by atoms with E-state index in [1.54, 1.807) is 6.07 Å². The number of rotatable bonds is 6. The first-order valence-corrected chi connectivity index (χ1v) is 10.7. The van der Waals surface area contributed by atoms with Crippen molar-refractivity contribution < 1.29 is 26.7 Å². The Bertz CT molecular complexity index is 1390. The topological polar surface area (TPSA) is 85.6 Å². The Balaban J connectivity index is 1.65. The van der Waals surface area contributed by atoms with Crippen LogP contribution >= 0.6 is 11.6 Å². The van der Waals surface area contributed by atoms with Gasteiger partial charge >= 0.3 is 6.18 Å². The van der Waals surface area contributed by atoms with Gasteiger partial charge in [0.1, 0.15) is 11.6 Å². The number of halogens is 6. The summed E-state index contributed by atoms with van der Waals surface area (Å²) in [6.07, 6.45) is -1.85. The van der Waals surface area contributed by atoms with E-state index in [-0.39, 0.29) is 40.2 Å². The summed E-state index contributed by atoms with van der Waals surface area (Å²) >= 11 is 5.79. The van der Waals surface area contributed by atoms with Crippen molar-refractivity contribution in [2.24, 2.45) is 0 Å². The Morgan fingerprint density at radius 2 is 1.72 bits per heavy atom. The Morgan fingerprint density at radius 1 is 1.06 bits per heavy atom. The Kier molecular flexibility index (Phi) is 6.97. The van der Waals surface area contributed by atoms with Gasteiger partial charge in [0.05, 0.1) is 11.6 Å². The second-order valence-electron chi connectivity index (χ2n) is 7.72. The Morgan fingerprint density at radius 3 is 2.36 bits per heavy atom. The molecule has 1 amide bonds. The fourth-order valence-electron chi connectivity index (χ4n) is 3.40.